The highest BCUT2D eigenvalue weighted by Crippen LogP contribution is 2.33. The lowest BCUT2D eigenvalue weighted by Gasteiger charge is -2.34. The maximum Gasteiger partial charge on any atom is 0.290 e. The number of carbonyl (C=O) groups is 3. The van der Waals surface area contributed by atoms with E-state index in [9.17, 15) is 27.6 Å². The van der Waals surface area contributed by atoms with Gasteiger partial charge < -0.3 is 29.7 Å². The SMILES string of the molecule is C=c1[nH]c(C(=O)N2CCc3nc(C)ccc3C2C)n/c1=C(/C)F.Cc1ccc2c(n1)CCN(C(=O)c1nc3c(C)ccc(F)c3[nH]1)[C@@H]2C.Cc1ccc2c(n1)CCN(C(=O)c1nc3c(C)ccc(F)c3[nH]1)[C@H]2C.[HH].[HH].[HH]. The third-order valence-corrected chi connectivity index (χ3v) is 14.1. The molecule has 0 saturated carbocycles. The van der Waals surface area contributed by atoms with E-state index in [1.807, 2.05) is 91.8 Å². The van der Waals surface area contributed by atoms with Crippen LogP contribution in [0.3, 0.4) is 0 Å². The van der Waals surface area contributed by atoms with Crippen molar-refractivity contribution in [3.05, 3.63) is 162 Å². The van der Waals surface area contributed by atoms with Gasteiger partial charge in [-0.25, -0.2) is 28.1 Å². The fraction of sp³-hybridized carbons (Fsp3) is 0.327. The molecular formula is C55H63F3N12O3. The zero-order chi connectivity index (χ0) is 52.2. The smallest absolute Gasteiger partial charge is 0.290 e. The number of aromatic nitrogens is 9. The highest BCUT2D eigenvalue weighted by molar-refractivity contribution is 5.96. The van der Waals surface area contributed by atoms with Crippen molar-refractivity contribution >= 4 is 52.2 Å². The van der Waals surface area contributed by atoms with Crippen LogP contribution in [0.5, 0.6) is 0 Å². The Labute approximate surface area is 424 Å². The highest BCUT2D eigenvalue weighted by atomic mass is 19.1. The molecule has 18 heteroatoms. The number of carbonyl (C=O) groups excluding carboxylic acids is 3. The molecule has 0 spiro atoms. The number of hydrogen-bond acceptors (Lipinski definition) is 9. The Kier molecular flexibility index (Phi) is 13.6. The molecule has 0 saturated heterocycles. The third kappa shape index (κ3) is 9.60. The number of amides is 3. The lowest BCUT2D eigenvalue weighted by molar-refractivity contribution is 0.0656. The minimum absolute atomic E-state index is 0. The van der Waals surface area contributed by atoms with E-state index in [1.165, 1.54) is 19.1 Å². The molecule has 8 aromatic rings. The molecule has 2 aromatic carbocycles. The van der Waals surface area contributed by atoms with Gasteiger partial charge in [0.1, 0.15) is 33.8 Å². The summed E-state index contributed by atoms with van der Waals surface area (Å²) in [5, 5.41) is 0.423. The van der Waals surface area contributed by atoms with Crippen molar-refractivity contribution in [3.63, 3.8) is 0 Å². The number of pyridine rings is 3. The average Bonchev–Trinajstić information content (AvgIpc) is 4.13. The summed E-state index contributed by atoms with van der Waals surface area (Å²) in [7, 11) is 0. The van der Waals surface area contributed by atoms with Crippen molar-refractivity contribution in [2.45, 2.75) is 99.7 Å². The zero-order valence-electron chi connectivity index (χ0n) is 42.3. The Bertz CT molecular complexity index is 3400. The normalized spacial score (nSPS) is 17.5. The standard InChI is InChI=1S/2C19H19FN4O.C17H19FN4O.3H2/c2*1-10-4-7-14(20)17-16(10)22-18(23-17)19(25)24-9-8-15-13(12(24)3)6-5-11(2)21-15;1-9-5-6-13-12(4)22(8-7-14(13)19-9)17(23)16-20-11(3)15(21-16)10(2)18;;;/h2*4-7,12H,8-9H2,1-3H3,(H,22,23);5-6,12H,3,7-8H2,1-2,4H3,(H,20,21);3*1H/b;;15-10-;;;/t2*12-;;;;/m10..../s1. The third-order valence-electron chi connectivity index (χ3n) is 14.1. The van der Waals surface area contributed by atoms with Gasteiger partial charge in [0, 0.05) is 77.3 Å². The molecule has 3 aliphatic rings. The van der Waals surface area contributed by atoms with E-state index in [-0.39, 0.29) is 74.0 Å². The highest BCUT2D eigenvalue weighted by Gasteiger charge is 2.34. The minimum atomic E-state index is -0.456. The van der Waals surface area contributed by atoms with Crippen molar-refractivity contribution in [3.8, 4) is 0 Å². The van der Waals surface area contributed by atoms with Crippen LogP contribution in [-0.4, -0.2) is 96.9 Å². The van der Waals surface area contributed by atoms with E-state index in [2.05, 4.69) is 51.4 Å². The van der Waals surface area contributed by atoms with Crippen LogP contribution < -0.4 is 10.7 Å². The number of hydrogen-bond donors (Lipinski definition) is 3. The molecule has 3 aliphatic heterocycles. The number of nitrogens with one attached hydrogen (secondary N) is 3. The van der Waals surface area contributed by atoms with Gasteiger partial charge >= 0.3 is 0 Å². The molecule has 382 valence electrons. The molecule has 0 aliphatic carbocycles. The van der Waals surface area contributed by atoms with Crippen LogP contribution >= 0.6 is 0 Å². The molecule has 3 atom stereocenters. The molecule has 73 heavy (non-hydrogen) atoms. The van der Waals surface area contributed by atoms with Gasteiger partial charge in [-0.15, -0.1) is 0 Å². The number of H-pyrrole nitrogens is 3. The summed E-state index contributed by atoms with van der Waals surface area (Å²) in [5.41, 5.74) is 12.5. The lowest BCUT2D eigenvalue weighted by atomic mass is 9.97. The first-order valence-electron chi connectivity index (χ1n) is 24.3. The van der Waals surface area contributed by atoms with Crippen molar-refractivity contribution < 1.29 is 31.8 Å². The Hall–Kier alpha value is -8.02. The number of aryl methyl sites for hydroxylation is 5. The van der Waals surface area contributed by atoms with Gasteiger partial charge in [-0.05, 0) is 120 Å². The van der Waals surface area contributed by atoms with E-state index < -0.39 is 17.5 Å². The Balaban J connectivity index is 0.000000182. The molecule has 11 rings (SSSR count). The molecular weight excluding hydrogens is 934 g/mol. The monoisotopic (exact) mass is 997 g/mol. The molecule has 1 unspecified atom stereocenters. The largest absolute Gasteiger partial charge is 0.334 e. The van der Waals surface area contributed by atoms with Gasteiger partial charge in [-0.3, -0.25) is 29.3 Å². The van der Waals surface area contributed by atoms with Crippen LogP contribution in [0.25, 0.3) is 34.5 Å². The molecule has 0 radical (unpaired) electrons. The maximum absolute atomic E-state index is 14.0. The zero-order valence-corrected chi connectivity index (χ0v) is 42.3. The molecule has 15 nitrogen and oxygen atoms in total. The van der Waals surface area contributed by atoms with E-state index in [0.29, 0.717) is 55.3 Å². The maximum atomic E-state index is 14.0. The lowest BCUT2D eigenvalue weighted by Crippen LogP contribution is -2.40. The summed E-state index contributed by atoms with van der Waals surface area (Å²) < 4.78 is 41.4. The second-order valence-electron chi connectivity index (χ2n) is 19.0. The number of benzene rings is 2. The molecule has 0 bridgehead atoms. The number of imidazole rings is 3. The number of fused-ring (bicyclic) bond motifs is 5. The number of aromatic amines is 3. The van der Waals surface area contributed by atoms with Crippen LogP contribution in [0.4, 0.5) is 13.2 Å². The minimum Gasteiger partial charge on any atom is -0.334 e. The molecule has 0 fully saturated rings. The fourth-order valence-corrected chi connectivity index (χ4v) is 9.99. The van der Waals surface area contributed by atoms with Crippen molar-refractivity contribution in [2.24, 2.45) is 0 Å². The predicted molar refractivity (Wildman–Crippen MR) is 278 cm³/mol. The predicted octanol–water partition coefficient (Wildman–Crippen LogP) is 9.07. The Morgan fingerprint density at radius 2 is 0.877 bits per heavy atom. The van der Waals surface area contributed by atoms with Gasteiger partial charge in [0.15, 0.2) is 17.5 Å². The fourth-order valence-electron chi connectivity index (χ4n) is 9.99. The first-order valence-corrected chi connectivity index (χ1v) is 24.3. The quantitative estimate of drug-likeness (QED) is 0.155. The molecule has 3 amide bonds. The van der Waals surface area contributed by atoms with Crippen molar-refractivity contribution in [1.29, 1.82) is 0 Å². The second kappa shape index (κ2) is 19.9. The summed E-state index contributed by atoms with van der Waals surface area (Å²) in [4.78, 5) is 78.9. The van der Waals surface area contributed by atoms with Crippen molar-refractivity contribution in [1.82, 2.24) is 59.6 Å². The summed E-state index contributed by atoms with van der Waals surface area (Å²) in [5.74, 6) is -1.45. The number of nitrogens with zero attached hydrogens (tertiary/aromatic N) is 9. The van der Waals surface area contributed by atoms with Crippen LogP contribution in [0.15, 0.2) is 60.7 Å². The average molecular weight is 997 g/mol. The Morgan fingerprint density at radius 3 is 1.19 bits per heavy atom. The van der Waals surface area contributed by atoms with Crippen LogP contribution in [-0.2, 0) is 19.3 Å². The summed E-state index contributed by atoms with van der Waals surface area (Å²) in [6, 6.07) is 17.8. The van der Waals surface area contributed by atoms with Crippen LogP contribution in [0.1, 0.15) is 144 Å². The summed E-state index contributed by atoms with van der Waals surface area (Å²) >= 11 is 0. The summed E-state index contributed by atoms with van der Waals surface area (Å²) in [6.07, 6.45) is 2.12. The van der Waals surface area contributed by atoms with Gasteiger partial charge in [-0.1, -0.05) is 36.9 Å². The summed E-state index contributed by atoms with van der Waals surface area (Å²) in [6.45, 7) is 22.2. The number of rotatable bonds is 3. The van der Waals surface area contributed by atoms with E-state index in [0.717, 1.165) is 62.0 Å². The van der Waals surface area contributed by atoms with E-state index in [4.69, 9.17) is 0 Å². The molecule has 9 heterocycles. The van der Waals surface area contributed by atoms with Gasteiger partial charge in [0.2, 0.25) is 0 Å². The Morgan fingerprint density at radius 1 is 0.534 bits per heavy atom. The first-order chi connectivity index (χ1) is 34.8. The van der Waals surface area contributed by atoms with Crippen LogP contribution in [0, 0.1) is 46.3 Å². The number of halogens is 3. The topological polar surface area (TPSA) is 186 Å². The van der Waals surface area contributed by atoms with E-state index in [1.54, 1.807) is 26.8 Å². The van der Waals surface area contributed by atoms with Gasteiger partial charge in [-0.2, -0.15) is 0 Å². The molecule has 6 aromatic heterocycles. The van der Waals surface area contributed by atoms with Gasteiger partial charge in [0.05, 0.1) is 34.5 Å². The first kappa shape index (κ1) is 49.9. The van der Waals surface area contributed by atoms with Crippen molar-refractivity contribution in [2.75, 3.05) is 19.6 Å². The second-order valence-corrected chi connectivity index (χ2v) is 19.0. The van der Waals surface area contributed by atoms with Crippen LogP contribution in [0.2, 0.25) is 0 Å². The van der Waals surface area contributed by atoms with E-state index >= 15 is 0 Å². The molecule has 3 N–H and O–H groups in total. The van der Waals surface area contributed by atoms with Gasteiger partial charge in [0.25, 0.3) is 17.7 Å².